The average molecular weight is 364 g/mol. The molecule has 0 aromatic carbocycles. The highest BCUT2D eigenvalue weighted by Crippen LogP contribution is 1.97. The van der Waals surface area contributed by atoms with Gasteiger partial charge >= 0.3 is 23.9 Å². The molecule has 1 atom stereocenters. The fourth-order valence-corrected chi connectivity index (χ4v) is 1.48. The molecule has 0 aromatic rings. The molecule has 0 aliphatic carbocycles. The number of hydrogen-bond donors (Lipinski definition) is 2. The van der Waals surface area contributed by atoms with E-state index in [0.717, 1.165) is 0 Å². The van der Waals surface area contributed by atoms with Crippen molar-refractivity contribution in [3.8, 4) is 0 Å². The van der Waals surface area contributed by atoms with E-state index in [1.54, 1.807) is 6.92 Å². The molecule has 0 radical (unpaired) electrons. The van der Waals surface area contributed by atoms with Crippen LogP contribution in [-0.2, 0) is 38.1 Å². The van der Waals surface area contributed by atoms with E-state index in [0.29, 0.717) is 0 Å². The highest BCUT2D eigenvalue weighted by atomic mass is 16.6. The van der Waals surface area contributed by atoms with Gasteiger partial charge in [-0.05, 0) is 6.92 Å². The topological polar surface area (TPSA) is 146 Å². The van der Waals surface area contributed by atoms with Gasteiger partial charge in [-0.2, -0.15) is 0 Å². The molecular formula is C15H24O10. The van der Waals surface area contributed by atoms with Gasteiger partial charge in [-0.15, -0.1) is 0 Å². The molecule has 0 amide bonds. The minimum atomic E-state index is -1.06. The Hall–Kier alpha value is -2.20. The summed E-state index contributed by atoms with van der Waals surface area (Å²) < 4.78 is 20.1. The van der Waals surface area contributed by atoms with Crippen molar-refractivity contribution < 1.29 is 48.3 Å². The predicted molar refractivity (Wildman–Crippen MR) is 81.9 cm³/mol. The number of ether oxygens (including phenoxy) is 4. The van der Waals surface area contributed by atoms with Gasteiger partial charge in [0.2, 0.25) is 0 Å². The lowest BCUT2D eigenvalue weighted by Crippen LogP contribution is -2.21. The summed E-state index contributed by atoms with van der Waals surface area (Å²) in [4.78, 5) is 42.8. The van der Waals surface area contributed by atoms with Crippen LogP contribution in [0.4, 0.5) is 0 Å². The van der Waals surface area contributed by atoms with E-state index in [1.807, 2.05) is 0 Å². The van der Waals surface area contributed by atoms with Crippen LogP contribution < -0.4 is 0 Å². The molecule has 0 saturated heterocycles. The SMILES string of the molecule is CC(COCCOC(=O)CCC(=O)O)OCCOC(=O)CCC(=O)O. The van der Waals surface area contributed by atoms with Crippen molar-refractivity contribution in [2.24, 2.45) is 0 Å². The quantitative estimate of drug-likeness (QED) is 0.306. The maximum atomic E-state index is 11.1. The van der Waals surface area contributed by atoms with Crippen molar-refractivity contribution in [3.63, 3.8) is 0 Å². The second-order valence-corrected chi connectivity index (χ2v) is 4.98. The van der Waals surface area contributed by atoms with Gasteiger partial charge in [-0.1, -0.05) is 0 Å². The zero-order valence-electron chi connectivity index (χ0n) is 14.1. The van der Waals surface area contributed by atoms with Crippen LogP contribution in [0.5, 0.6) is 0 Å². The molecule has 0 aliphatic heterocycles. The molecule has 25 heavy (non-hydrogen) atoms. The van der Waals surface area contributed by atoms with Crippen LogP contribution in [0.1, 0.15) is 32.6 Å². The Morgan fingerprint density at radius 1 is 0.760 bits per heavy atom. The fourth-order valence-electron chi connectivity index (χ4n) is 1.48. The number of esters is 2. The molecule has 0 spiro atoms. The lowest BCUT2D eigenvalue weighted by molar-refractivity contribution is -0.150. The highest BCUT2D eigenvalue weighted by Gasteiger charge is 2.08. The summed E-state index contributed by atoms with van der Waals surface area (Å²) >= 11 is 0. The molecule has 10 nitrogen and oxygen atoms in total. The normalized spacial score (nSPS) is 11.6. The maximum absolute atomic E-state index is 11.1. The third-order valence-electron chi connectivity index (χ3n) is 2.68. The molecule has 2 N–H and O–H groups in total. The number of carbonyl (C=O) groups excluding carboxylic acids is 2. The van der Waals surface area contributed by atoms with Crippen LogP contribution in [0.3, 0.4) is 0 Å². The minimum Gasteiger partial charge on any atom is -0.481 e. The number of carboxylic acids is 2. The Bertz CT molecular complexity index is 434. The molecule has 0 fully saturated rings. The second kappa shape index (κ2) is 14.2. The first-order valence-electron chi connectivity index (χ1n) is 7.75. The summed E-state index contributed by atoms with van der Waals surface area (Å²) in [6.07, 6.45) is -1.18. The molecule has 0 rings (SSSR count). The van der Waals surface area contributed by atoms with Crippen molar-refractivity contribution in [2.45, 2.75) is 38.7 Å². The molecule has 0 aromatic heterocycles. The summed E-state index contributed by atoms with van der Waals surface area (Å²) in [5.74, 6) is -3.32. The molecule has 1 unspecified atom stereocenters. The zero-order valence-corrected chi connectivity index (χ0v) is 14.1. The summed E-state index contributed by atoms with van der Waals surface area (Å²) in [6.45, 7) is 2.31. The van der Waals surface area contributed by atoms with Gasteiger partial charge in [-0.3, -0.25) is 19.2 Å². The van der Waals surface area contributed by atoms with E-state index in [9.17, 15) is 19.2 Å². The van der Waals surface area contributed by atoms with Crippen molar-refractivity contribution in [1.29, 1.82) is 0 Å². The molecular weight excluding hydrogens is 340 g/mol. The first-order chi connectivity index (χ1) is 11.8. The first-order valence-corrected chi connectivity index (χ1v) is 7.75. The Balaban J connectivity index is 3.48. The van der Waals surface area contributed by atoms with Gasteiger partial charge in [-0.25, -0.2) is 0 Å². The van der Waals surface area contributed by atoms with E-state index >= 15 is 0 Å². The Labute approximate surface area is 145 Å². The molecule has 0 bridgehead atoms. The van der Waals surface area contributed by atoms with Crippen LogP contribution in [0, 0.1) is 0 Å². The smallest absolute Gasteiger partial charge is 0.306 e. The minimum absolute atomic E-state index is 0.0178. The van der Waals surface area contributed by atoms with E-state index in [1.165, 1.54) is 0 Å². The number of carbonyl (C=O) groups is 4. The standard InChI is InChI=1S/C15H24O10/c1-11(23-8-9-25-15(21)5-3-13(18)19)10-22-6-7-24-14(20)4-2-12(16)17/h11H,2-10H2,1H3,(H,16,17)(H,18,19). The Morgan fingerprint density at radius 2 is 1.24 bits per heavy atom. The predicted octanol–water partition coefficient (Wildman–Crippen LogP) is 0.224. The largest absolute Gasteiger partial charge is 0.481 e. The van der Waals surface area contributed by atoms with Crippen LogP contribution in [-0.4, -0.2) is 73.2 Å². The molecule has 10 heteroatoms. The lowest BCUT2D eigenvalue weighted by Gasteiger charge is -2.13. The molecule has 144 valence electrons. The fraction of sp³-hybridized carbons (Fsp3) is 0.733. The summed E-state index contributed by atoms with van der Waals surface area (Å²) in [5.41, 5.74) is 0. The maximum Gasteiger partial charge on any atom is 0.306 e. The third-order valence-corrected chi connectivity index (χ3v) is 2.68. The van der Waals surface area contributed by atoms with Gasteiger partial charge in [0.05, 0.1) is 51.6 Å². The zero-order chi connectivity index (χ0) is 19.1. The Morgan fingerprint density at radius 3 is 1.72 bits per heavy atom. The van der Waals surface area contributed by atoms with Crippen molar-refractivity contribution in [2.75, 3.05) is 33.0 Å². The number of carboxylic acid groups (broad SMARTS) is 2. The van der Waals surface area contributed by atoms with Crippen molar-refractivity contribution in [3.05, 3.63) is 0 Å². The van der Waals surface area contributed by atoms with Gasteiger partial charge in [0.15, 0.2) is 0 Å². The summed E-state index contributed by atoms with van der Waals surface area (Å²) in [5, 5.41) is 16.8. The number of hydrogen-bond acceptors (Lipinski definition) is 8. The van der Waals surface area contributed by atoms with Gasteiger partial charge in [0, 0.05) is 0 Å². The first kappa shape index (κ1) is 22.8. The Kier molecular flexibility index (Phi) is 12.9. The van der Waals surface area contributed by atoms with Gasteiger partial charge in [0.1, 0.15) is 13.2 Å². The molecule has 0 aliphatic rings. The monoisotopic (exact) mass is 364 g/mol. The summed E-state index contributed by atoms with van der Waals surface area (Å²) in [6, 6.07) is 0. The van der Waals surface area contributed by atoms with Crippen LogP contribution in [0.2, 0.25) is 0 Å². The summed E-state index contributed by atoms with van der Waals surface area (Å²) in [7, 11) is 0. The second-order valence-electron chi connectivity index (χ2n) is 4.98. The number of aliphatic carboxylic acids is 2. The van der Waals surface area contributed by atoms with Crippen LogP contribution in [0.25, 0.3) is 0 Å². The van der Waals surface area contributed by atoms with Crippen LogP contribution in [0.15, 0.2) is 0 Å². The van der Waals surface area contributed by atoms with E-state index in [-0.39, 0.29) is 64.8 Å². The van der Waals surface area contributed by atoms with Crippen molar-refractivity contribution in [1.82, 2.24) is 0 Å². The van der Waals surface area contributed by atoms with E-state index in [2.05, 4.69) is 0 Å². The van der Waals surface area contributed by atoms with E-state index in [4.69, 9.17) is 29.2 Å². The lowest BCUT2D eigenvalue weighted by atomic mass is 10.3. The molecule has 0 saturated carbocycles. The molecule has 0 heterocycles. The van der Waals surface area contributed by atoms with Gasteiger partial charge < -0.3 is 29.2 Å². The highest BCUT2D eigenvalue weighted by molar-refractivity contribution is 5.77. The van der Waals surface area contributed by atoms with Gasteiger partial charge in [0.25, 0.3) is 0 Å². The average Bonchev–Trinajstić information content (AvgIpc) is 2.54. The van der Waals surface area contributed by atoms with E-state index < -0.39 is 23.9 Å². The van der Waals surface area contributed by atoms with Crippen LogP contribution >= 0.6 is 0 Å². The third kappa shape index (κ3) is 16.4. The number of rotatable bonds is 15. The van der Waals surface area contributed by atoms with Crippen molar-refractivity contribution >= 4 is 23.9 Å².